The summed E-state index contributed by atoms with van der Waals surface area (Å²) in [4.78, 5) is 2.91. The molecule has 3 nitrogen and oxygen atoms in total. The fourth-order valence-electron chi connectivity index (χ4n) is 1.30. The van der Waals surface area contributed by atoms with E-state index < -0.39 is 0 Å². The Hall–Kier alpha value is -0.190. The van der Waals surface area contributed by atoms with Crippen LogP contribution in [-0.4, -0.2) is 41.2 Å². The first kappa shape index (κ1) is 13.8. The second-order valence-corrected chi connectivity index (χ2v) is 4.10. The van der Waals surface area contributed by atoms with Gasteiger partial charge in [0.2, 0.25) is 0 Å². The molecule has 1 atom stereocenters. The zero-order chi connectivity index (χ0) is 11.0. The van der Waals surface area contributed by atoms with Crippen molar-refractivity contribution < 1.29 is 5.11 Å². The zero-order valence-electron chi connectivity index (χ0n) is 9.20. The lowest BCUT2D eigenvalue weighted by molar-refractivity contribution is 0.240. The third-order valence-corrected chi connectivity index (χ3v) is 2.75. The second kappa shape index (κ2) is 8.15. The molecule has 84 valence electrons. The molecule has 0 aromatic heterocycles. The molecular weight excluding hydrogens is 196 g/mol. The Bertz CT molecular complexity index is 164. The molecule has 14 heavy (non-hydrogen) atoms. The predicted molar refractivity (Wildman–Crippen MR) is 64.4 cm³/mol. The fraction of sp³-hybridized carbons (Fsp3) is 0.900. The van der Waals surface area contributed by atoms with Gasteiger partial charge >= 0.3 is 0 Å². The molecule has 0 aliphatic rings. The molecule has 0 aliphatic carbocycles. The zero-order valence-corrected chi connectivity index (χ0v) is 10.0. The van der Waals surface area contributed by atoms with Crippen LogP contribution in [0.1, 0.15) is 26.7 Å². The number of nitrogens with two attached hydrogens (primary N) is 1. The third kappa shape index (κ3) is 6.29. The summed E-state index contributed by atoms with van der Waals surface area (Å²) in [7, 11) is 0. The lowest BCUT2D eigenvalue weighted by Crippen LogP contribution is -2.34. The van der Waals surface area contributed by atoms with Crippen molar-refractivity contribution in [2.75, 3.05) is 26.2 Å². The van der Waals surface area contributed by atoms with Gasteiger partial charge in [-0.2, -0.15) is 0 Å². The van der Waals surface area contributed by atoms with Crippen molar-refractivity contribution in [3.05, 3.63) is 0 Å². The molecule has 0 bridgehead atoms. The summed E-state index contributed by atoms with van der Waals surface area (Å²) in [5.41, 5.74) is 5.56. The van der Waals surface area contributed by atoms with Crippen LogP contribution in [0, 0.1) is 5.92 Å². The molecular formula is C10H22N2OS. The van der Waals surface area contributed by atoms with Gasteiger partial charge in [-0.15, -0.1) is 0 Å². The van der Waals surface area contributed by atoms with E-state index in [1.165, 1.54) is 0 Å². The van der Waals surface area contributed by atoms with E-state index in [1.807, 2.05) is 0 Å². The van der Waals surface area contributed by atoms with E-state index >= 15 is 0 Å². The number of hydrogen-bond acceptors (Lipinski definition) is 3. The van der Waals surface area contributed by atoms with Gasteiger partial charge in [-0.25, -0.2) is 0 Å². The molecule has 0 spiro atoms. The van der Waals surface area contributed by atoms with E-state index in [9.17, 15) is 0 Å². The predicted octanol–water partition coefficient (Wildman–Crippen LogP) is 1.00. The number of hydrogen-bond donors (Lipinski definition) is 2. The number of nitrogens with zero attached hydrogens (tertiary/aromatic N) is 1. The van der Waals surface area contributed by atoms with Crippen LogP contribution < -0.4 is 5.73 Å². The molecule has 4 heteroatoms. The number of aliphatic hydroxyl groups excluding tert-OH is 1. The largest absolute Gasteiger partial charge is 0.396 e. The molecule has 0 heterocycles. The highest BCUT2D eigenvalue weighted by molar-refractivity contribution is 7.80. The highest BCUT2D eigenvalue weighted by Gasteiger charge is 2.10. The van der Waals surface area contributed by atoms with Crippen molar-refractivity contribution in [3.63, 3.8) is 0 Å². The van der Waals surface area contributed by atoms with E-state index in [1.54, 1.807) is 0 Å². The molecule has 0 saturated heterocycles. The maximum atomic E-state index is 8.66. The van der Waals surface area contributed by atoms with E-state index in [0.29, 0.717) is 4.99 Å². The fourth-order valence-corrected chi connectivity index (χ4v) is 1.38. The minimum Gasteiger partial charge on any atom is -0.396 e. The van der Waals surface area contributed by atoms with Gasteiger partial charge in [-0.3, -0.25) is 0 Å². The van der Waals surface area contributed by atoms with Gasteiger partial charge in [-0.1, -0.05) is 26.1 Å². The number of rotatable bonds is 8. The van der Waals surface area contributed by atoms with Crippen LogP contribution in [0.5, 0.6) is 0 Å². The molecule has 0 saturated carbocycles. The maximum Gasteiger partial charge on any atom is 0.0768 e. The summed E-state index contributed by atoms with van der Waals surface area (Å²) in [5, 5.41) is 8.66. The minimum atomic E-state index is 0.277. The highest BCUT2D eigenvalue weighted by Crippen LogP contribution is 2.02. The normalized spacial score (nSPS) is 13.1. The van der Waals surface area contributed by atoms with Crippen LogP contribution in [0.25, 0.3) is 0 Å². The van der Waals surface area contributed by atoms with Gasteiger partial charge in [-0.05, 0) is 25.9 Å². The minimum absolute atomic E-state index is 0.277. The highest BCUT2D eigenvalue weighted by atomic mass is 32.1. The quantitative estimate of drug-likeness (QED) is 0.471. The molecule has 0 rings (SSSR count). The lowest BCUT2D eigenvalue weighted by Gasteiger charge is -2.23. The molecule has 0 amide bonds. The van der Waals surface area contributed by atoms with Gasteiger partial charge in [0.25, 0.3) is 0 Å². The number of aliphatic hydroxyl groups is 1. The van der Waals surface area contributed by atoms with Crippen LogP contribution >= 0.6 is 12.2 Å². The van der Waals surface area contributed by atoms with E-state index in [4.69, 9.17) is 23.1 Å². The molecule has 1 unspecified atom stereocenters. The van der Waals surface area contributed by atoms with Crippen molar-refractivity contribution in [2.45, 2.75) is 26.7 Å². The number of thiocarbonyl (C=S) groups is 1. The Morgan fingerprint density at radius 3 is 2.57 bits per heavy atom. The summed E-state index contributed by atoms with van der Waals surface area (Å²) in [5.74, 6) is 0.277. The van der Waals surface area contributed by atoms with E-state index in [0.717, 1.165) is 32.5 Å². The smallest absolute Gasteiger partial charge is 0.0768 e. The van der Waals surface area contributed by atoms with E-state index in [2.05, 4.69) is 18.7 Å². The van der Waals surface area contributed by atoms with Crippen LogP contribution in [-0.2, 0) is 0 Å². The van der Waals surface area contributed by atoms with Gasteiger partial charge in [0.05, 0.1) is 4.99 Å². The van der Waals surface area contributed by atoms with Gasteiger partial charge in [0.1, 0.15) is 0 Å². The van der Waals surface area contributed by atoms with Crippen molar-refractivity contribution >= 4 is 17.2 Å². The van der Waals surface area contributed by atoms with Crippen molar-refractivity contribution in [1.82, 2.24) is 4.90 Å². The lowest BCUT2D eigenvalue weighted by atomic mass is 10.1. The third-order valence-electron chi connectivity index (χ3n) is 2.35. The van der Waals surface area contributed by atoms with Crippen molar-refractivity contribution in [1.29, 1.82) is 0 Å². The number of unbranched alkanes of at least 4 members (excludes halogenated alkanes) is 1. The first-order chi connectivity index (χ1) is 6.61. The van der Waals surface area contributed by atoms with Gasteiger partial charge in [0, 0.05) is 19.1 Å². The summed E-state index contributed by atoms with van der Waals surface area (Å²) in [6, 6.07) is 0. The summed E-state index contributed by atoms with van der Waals surface area (Å²) < 4.78 is 0. The van der Waals surface area contributed by atoms with Crippen LogP contribution in [0.3, 0.4) is 0 Å². The van der Waals surface area contributed by atoms with Crippen molar-refractivity contribution in [2.24, 2.45) is 11.7 Å². The van der Waals surface area contributed by atoms with Gasteiger partial charge < -0.3 is 15.7 Å². The summed E-state index contributed by atoms with van der Waals surface area (Å²) >= 11 is 4.93. The Balaban J connectivity index is 3.72. The Morgan fingerprint density at radius 2 is 2.14 bits per heavy atom. The maximum absolute atomic E-state index is 8.66. The second-order valence-electron chi connectivity index (χ2n) is 3.63. The van der Waals surface area contributed by atoms with E-state index in [-0.39, 0.29) is 12.5 Å². The average molecular weight is 218 g/mol. The van der Waals surface area contributed by atoms with Crippen molar-refractivity contribution in [3.8, 4) is 0 Å². The Labute approximate surface area is 92.3 Å². The standard InChI is InChI=1S/C10H22N2OS/c1-3-12(6-4-5-7-13)8-9(2)10(11)14/h9,13H,3-8H2,1-2H3,(H2,11,14). The molecule has 3 N–H and O–H groups in total. The van der Waals surface area contributed by atoms with Crippen LogP contribution in [0.15, 0.2) is 0 Å². The molecule has 0 radical (unpaired) electrons. The monoisotopic (exact) mass is 218 g/mol. The summed E-state index contributed by atoms with van der Waals surface area (Å²) in [6.45, 7) is 7.42. The molecule has 0 aromatic rings. The summed E-state index contributed by atoms with van der Waals surface area (Å²) in [6.07, 6.45) is 1.91. The van der Waals surface area contributed by atoms with Crippen LogP contribution in [0.4, 0.5) is 0 Å². The average Bonchev–Trinajstić information content (AvgIpc) is 2.16. The first-order valence-electron chi connectivity index (χ1n) is 5.24. The van der Waals surface area contributed by atoms with Crippen LogP contribution in [0.2, 0.25) is 0 Å². The SMILES string of the molecule is CCN(CCCCO)CC(C)C(N)=S. The topological polar surface area (TPSA) is 49.5 Å². The van der Waals surface area contributed by atoms with Gasteiger partial charge in [0.15, 0.2) is 0 Å². The first-order valence-corrected chi connectivity index (χ1v) is 5.65. The Kier molecular flexibility index (Phi) is 8.04. The Morgan fingerprint density at radius 1 is 1.50 bits per heavy atom. The molecule has 0 fully saturated rings. The molecule has 0 aromatic carbocycles. The molecule has 0 aliphatic heterocycles.